The maximum atomic E-state index is 13.1. The van der Waals surface area contributed by atoms with Crippen LogP contribution in [-0.2, 0) is 6.61 Å². The lowest BCUT2D eigenvalue weighted by Gasteiger charge is -2.08. The molecule has 0 saturated heterocycles. The number of aromatic nitrogens is 1. The quantitative estimate of drug-likeness (QED) is 0.920. The first kappa shape index (κ1) is 13.1. The molecule has 1 aromatic carbocycles. The van der Waals surface area contributed by atoms with Gasteiger partial charge in [0.2, 0.25) is 0 Å². The van der Waals surface area contributed by atoms with Gasteiger partial charge in [-0.15, -0.1) is 0 Å². The fourth-order valence-electron chi connectivity index (χ4n) is 1.74. The summed E-state index contributed by atoms with van der Waals surface area (Å²) in [5.41, 5.74) is 2.67. The fourth-order valence-corrected chi connectivity index (χ4v) is 2.79. The van der Waals surface area contributed by atoms with Gasteiger partial charge in [-0.25, -0.2) is 9.37 Å². The molecule has 0 spiro atoms. The summed E-state index contributed by atoms with van der Waals surface area (Å²) >= 11 is 1.44. The van der Waals surface area contributed by atoms with E-state index in [-0.39, 0.29) is 12.4 Å². The summed E-state index contributed by atoms with van der Waals surface area (Å²) in [6, 6.07) is 8.39. The lowest BCUT2D eigenvalue weighted by molar-refractivity contribution is 0.278. The third-order valence-electron chi connectivity index (χ3n) is 2.48. The number of nitrogens with zero attached hydrogens (tertiary/aromatic N) is 1. The molecule has 2 rings (SSSR count). The number of aliphatic hydroxyl groups is 1. The van der Waals surface area contributed by atoms with Crippen molar-refractivity contribution >= 4 is 11.8 Å². The van der Waals surface area contributed by atoms with E-state index in [1.165, 1.54) is 23.9 Å². The summed E-state index contributed by atoms with van der Waals surface area (Å²) in [6.45, 7) is 3.77. The molecule has 18 heavy (non-hydrogen) atoms. The Balaban J connectivity index is 2.33. The van der Waals surface area contributed by atoms with E-state index >= 15 is 0 Å². The van der Waals surface area contributed by atoms with Gasteiger partial charge in [0.25, 0.3) is 0 Å². The molecule has 0 bridgehead atoms. The Morgan fingerprint density at radius 1 is 1.22 bits per heavy atom. The third kappa shape index (κ3) is 3.09. The molecule has 1 heterocycles. The van der Waals surface area contributed by atoms with Crippen molar-refractivity contribution in [1.29, 1.82) is 0 Å². The fraction of sp³-hybridized carbons (Fsp3) is 0.214. The first-order valence-corrected chi connectivity index (χ1v) is 6.42. The molecule has 0 aliphatic rings. The van der Waals surface area contributed by atoms with Crippen molar-refractivity contribution in [2.45, 2.75) is 30.4 Å². The van der Waals surface area contributed by atoms with Crippen molar-refractivity contribution in [1.82, 2.24) is 4.98 Å². The van der Waals surface area contributed by atoms with Gasteiger partial charge in [-0.05, 0) is 55.3 Å². The van der Waals surface area contributed by atoms with Gasteiger partial charge in [0, 0.05) is 10.6 Å². The monoisotopic (exact) mass is 263 g/mol. The van der Waals surface area contributed by atoms with E-state index in [1.54, 1.807) is 6.07 Å². The summed E-state index contributed by atoms with van der Waals surface area (Å²) in [6.07, 6.45) is 0. The molecule has 0 amide bonds. The Morgan fingerprint density at radius 2 is 2.00 bits per heavy atom. The standard InChI is InChI=1S/C14H14FNOS/c1-9-5-10(2)16-14(6-9)18-13-4-3-12(15)7-11(13)8-17/h3-7,17H,8H2,1-2H3. The second-order valence-corrected chi connectivity index (χ2v) is 5.20. The van der Waals surface area contributed by atoms with Crippen LogP contribution in [-0.4, -0.2) is 10.1 Å². The van der Waals surface area contributed by atoms with E-state index in [9.17, 15) is 9.50 Å². The lowest BCUT2D eigenvalue weighted by Crippen LogP contribution is -1.91. The molecule has 0 atom stereocenters. The minimum Gasteiger partial charge on any atom is -0.392 e. The molecule has 2 aromatic rings. The van der Waals surface area contributed by atoms with Crippen LogP contribution < -0.4 is 0 Å². The van der Waals surface area contributed by atoms with Crippen LogP contribution in [0.5, 0.6) is 0 Å². The molecular weight excluding hydrogens is 249 g/mol. The number of aliphatic hydroxyl groups excluding tert-OH is 1. The number of hydrogen-bond donors (Lipinski definition) is 1. The largest absolute Gasteiger partial charge is 0.392 e. The highest BCUT2D eigenvalue weighted by Crippen LogP contribution is 2.30. The summed E-state index contributed by atoms with van der Waals surface area (Å²) in [7, 11) is 0. The molecule has 0 radical (unpaired) electrons. The summed E-state index contributed by atoms with van der Waals surface area (Å²) in [4.78, 5) is 5.24. The van der Waals surface area contributed by atoms with Gasteiger partial charge in [0.05, 0.1) is 6.61 Å². The molecule has 1 aromatic heterocycles. The summed E-state index contributed by atoms with van der Waals surface area (Å²) in [5, 5.41) is 10.1. The molecule has 4 heteroatoms. The second kappa shape index (κ2) is 5.50. The predicted octanol–water partition coefficient (Wildman–Crippen LogP) is 3.48. The first-order valence-electron chi connectivity index (χ1n) is 5.61. The number of halogens is 1. The molecule has 1 N–H and O–H groups in total. The Labute approximate surface area is 110 Å². The van der Waals surface area contributed by atoms with Gasteiger partial charge >= 0.3 is 0 Å². The molecule has 0 unspecified atom stereocenters. The molecule has 0 aliphatic carbocycles. The molecule has 0 fully saturated rings. The minimum absolute atomic E-state index is 0.176. The highest BCUT2D eigenvalue weighted by molar-refractivity contribution is 7.99. The summed E-state index contributed by atoms with van der Waals surface area (Å²) < 4.78 is 13.1. The minimum atomic E-state index is -0.336. The zero-order valence-corrected chi connectivity index (χ0v) is 11.1. The van der Waals surface area contributed by atoms with Crippen molar-refractivity contribution in [3.63, 3.8) is 0 Å². The van der Waals surface area contributed by atoms with Crippen molar-refractivity contribution < 1.29 is 9.50 Å². The van der Waals surface area contributed by atoms with Gasteiger partial charge in [-0.1, -0.05) is 11.8 Å². The Kier molecular flexibility index (Phi) is 3.99. The van der Waals surface area contributed by atoms with Crippen molar-refractivity contribution in [2.24, 2.45) is 0 Å². The average molecular weight is 263 g/mol. The zero-order chi connectivity index (χ0) is 13.1. The van der Waals surface area contributed by atoms with Crippen LogP contribution in [0.2, 0.25) is 0 Å². The van der Waals surface area contributed by atoms with Crippen LogP contribution in [0.4, 0.5) is 4.39 Å². The summed E-state index contributed by atoms with van der Waals surface area (Å²) in [5.74, 6) is -0.336. The number of aryl methyl sites for hydroxylation is 2. The van der Waals surface area contributed by atoms with Crippen molar-refractivity contribution in [3.05, 3.63) is 53.0 Å². The SMILES string of the molecule is Cc1cc(C)nc(Sc2ccc(F)cc2CO)c1. The van der Waals surface area contributed by atoms with Crippen molar-refractivity contribution in [3.8, 4) is 0 Å². The normalized spacial score (nSPS) is 10.7. The van der Waals surface area contributed by atoms with Crippen LogP contribution in [0.25, 0.3) is 0 Å². The first-order chi connectivity index (χ1) is 8.58. The topological polar surface area (TPSA) is 33.1 Å². The van der Waals surface area contributed by atoms with Gasteiger partial charge < -0.3 is 5.11 Å². The van der Waals surface area contributed by atoms with Crippen LogP contribution in [0.1, 0.15) is 16.8 Å². The molecule has 0 saturated carbocycles. The number of rotatable bonds is 3. The maximum absolute atomic E-state index is 13.1. The van der Waals surface area contributed by atoms with E-state index in [0.29, 0.717) is 5.56 Å². The predicted molar refractivity (Wildman–Crippen MR) is 70.2 cm³/mol. The van der Waals surface area contributed by atoms with E-state index in [0.717, 1.165) is 21.2 Å². The number of benzene rings is 1. The lowest BCUT2D eigenvalue weighted by atomic mass is 10.2. The Hall–Kier alpha value is -1.39. The number of hydrogen-bond acceptors (Lipinski definition) is 3. The van der Waals surface area contributed by atoms with E-state index in [1.807, 2.05) is 26.0 Å². The molecule has 0 aliphatic heterocycles. The molecule has 94 valence electrons. The number of pyridine rings is 1. The van der Waals surface area contributed by atoms with Gasteiger partial charge in [-0.2, -0.15) is 0 Å². The zero-order valence-electron chi connectivity index (χ0n) is 10.3. The van der Waals surface area contributed by atoms with Gasteiger partial charge in [0.1, 0.15) is 10.8 Å². The maximum Gasteiger partial charge on any atom is 0.123 e. The second-order valence-electron chi connectivity index (χ2n) is 4.14. The van der Waals surface area contributed by atoms with Gasteiger partial charge in [0.15, 0.2) is 0 Å². The molecular formula is C14H14FNOS. The Morgan fingerprint density at radius 3 is 2.67 bits per heavy atom. The highest BCUT2D eigenvalue weighted by Gasteiger charge is 2.07. The van der Waals surface area contributed by atoms with Crippen molar-refractivity contribution in [2.75, 3.05) is 0 Å². The van der Waals surface area contributed by atoms with E-state index < -0.39 is 0 Å². The molecule has 2 nitrogen and oxygen atoms in total. The van der Waals surface area contributed by atoms with Crippen LogP contribution in [0, 0.1) is 19.7 Å². The average Bonchev–Trinajstić information content (AvgIpc) is 2.30. The third-order valence-corrected chi connectivity index (χ3v) is 3.52. The van der Waals surface area contributed by atoms with E-state index in [4.69, 9.17) is 0 Å². The van der Waals surface area contributed by atoms with E-state index in [2.05, 4.69) is 4.98 Å². The Bertz CT molecular complexity index is 551. The highest BCUT2D eigenvalue weighted by atomic mass is 32.2. The van der Waals surface area contributed by atoms with Gasteiger partial charge in [-0.3, -0.25) is 0 Å². The van der Waals surface area contributed by atoms with Crippen LogP contribution in [0.3, 0.4) is 0 Å². The van der Waals surface area contributed by atoms with Crippen LogP contribution >= 0.6 is 11.8 Å². The smallest absolute Gasteiger partial charge is 0.123 e. The van der Waals surface area contributed by atoms with Crippen LogP contribution in [0.15, 0.2) is 40.3 Å².